The maximum atomic E-state index is 12.0. The van der Waals surface area contributed by atoms with E-state index in [1.165, 1.54) is 5.38 Å². The first-order valence-electron chi connectivity index (χ1n) is 8.48. The molecule has 0 aliphatic rings. The molecule has 3 aromatic rings. The van der Waals surface area contributed by atoms with E-state index in [1.807, 2.05) is 30.3 Å². The van der Waals surface area contributed by atoms with Gasteiger partial charge in [-0.2, -0.15) is 0 Å². The average Bonchev–Trinajstić information content (AvgIpc) is 3.15. The first-order valence-corrected chi connectivity index (χ1v) is 12.0. The number of nitrogens with two attached hydrogens (primary N) is 1. The molecule has 2 aromatic heterocycles. The summed E-state index contributed by atoms with van der Waals surface area (Å²) in [6.45, 7) is 6.16. The molecule has 2 atom stereocenters. The Kier molecular flexibility index (Phi) is 5.83. The second-order valence-electron chi connectivity index (χ2n) is 7.42. The van der Waals surface area contributed by atoms with Crippen molar-refractivity contribution in [1.29, 1.82) is 0 Å². The molecule has 0 bridgehead atoms. The zero-order valence-electron chi connectivity index (χ0n) is 15.9. The predicted molar refractivity (Wildman–Crippen MR) is 114 cm³/mol. The predicted octanol–water partition coefficient (Wildman–Crippen LogP) is 3.56. The highest BCUT2D eigenvalue weighted by molar-refractivity contribution is 7.91. The molecule has 156 valence electrons. The van der Waals surface area contributed by atoms with Gasteiger partial charge in [0, 0.05) is 14.1 Å². The monoisotopic (exact) mass is 455 g/mol. The number of rotatable bonds is 6. The summed E-state index contributed by atoms with van der Waals surface area (Å²) >= 11 is -1.08. The molecule has 5 N–H and O–H groups in total. The fourth-order valence-corrected chi connectivity index (χ4v) is 5.08. The zero-order valence-corrected chi connectivity index (χ0v) is 18.4. The van der Waals surface area contributed by atoms with Gasteiger partial charge in [0.1, 0.15) is 0 Å². The first-order chi connectivity index (χ1) is 13.5. The molecule has 2 heterocycles. The van der Waals surface area contributed by atoms with Gasteiger partial charge in [-0.3, -0.25) is 0 Å². The molecule has 0 fully saturated rings. The SMILES string of the molecule is CC(C)(C)[C@@H](Nc1n[s+]([O-])nc1Nc1csc(S(N)(=O)=O)c1O)c1ccccc1. The van der Waals surface area contributed by atoms with Gasteiger partial charge >= 0.3 is 0 Å². The number of anilines is 3. The minimum Gasteiger partial charge on any atom is -0.546 e. The number of benzene rings is 1. The average molecular weight is 456 g/mol. The van der Waals surface area contributed by atoms with Crippen LogP contribution in [0.25, 0.3) is 0 Å². The van der Waals surface area contributed by atoms with Crippen LogP contribution in [0.4, 0.5) is 17.3 Å². The Morgan fingerprint density at radius 3 is 2.38 bits per heavy atom. The number of sulfonamides is 1. The molecule has 0 saturated carbocycles. The number of thiophene rings is 1. The summed E-state index contributed by atoms with van der Waals surface area (Å²) in [4.78, 5) is 0. The van der Waals surface area contributed by atoms with Crippen LogP contribution in [0.15, 0.2) is 39.9 Å². The molecule has 0 radical (unpaired) electrons. The van der Waals surface area contributed by atoms with E-state index in [0.717, 1.165) is 16.9 Å². The lowest BCUT2D eigenvalue weighted by molar-refractivity contribution is 0.347. The molecule has 0 aliphatic heterocycles. The number of primary sulfonamides is 1. The first kappa shape index (κ1) is 21.5. The second kappa shape index (κ2) is 7.88. The Hall–Kier alpha value is -2.25. The van der Waals surface area contributed by atoms with Gasteiger partial charge in [0.15, 0.2) is 21.1 Å². The van der Waals surface area contributed by atoms with Gasteiger partial charge in [-0.1, -0.05) is 51.1 Å². The summed E-state index contributed by atoms with van der Waals surface area (Å²) in [6.07, 6.45) is 0. The van der Waals surface area contributed by atoms with Crippen molar-refractivity contribution in [2.75, 3.05) is 10.6 Å². The number of hydrogen-bond acceptors (Lipinski definition) is 9. The Balaban J connectivity index is 1.94. The van der Waals surface area contributed by atoms with Gasteiger partial charge in [0.2, 0.25) is 11.6 Å². The fourth-order valence-electron chi connectivity index (χ4n) is 2.77. The molecule has 0 aliphatic carbocycles. The number of nitrogens with one attached hydrogen (secondary N) is 2. The second-order valence-corrected chi connectivity index (χ2v) is 10.9. The van der Waals surface area contributed by atoms with Crippen molar-refractivity contribution in [3.63, 3.8) is 0 Å². The van der Waals surface area contributed by atoms with Gasteiger partial charge in [0.25, 0.3) is 10.0 Å². The lowest BCUT2D eigenvalue weighted by atomic mass is 9.82. The molecule has 3 rings (SSSR count). The van der Waals surface area contributed by atoms with Crippen molar-refractivity contribution in [3.8, 4) is 5.75 Å². The van der Waals surface area contributed by atoms with Crippen LogP contribution >= 0.6 is 22.5 Å². The molecular weight excluding hydrogens is 434 g/mol. The summed E-state index contributed by atoms with van der Waals surface area (Å²) in [5, 5.41) is 22.7. The summed E-state index contributed by atoms with van der Waals surface area (Å²) in [6, 6.07) is 9.54. The molecular formula is C17H21N5O4S3. The smallest absolute Gasteiger partial charge is 0.251 e. The number of hydrogen-bond donors (Lipinski definition) is 4. The standard InChI is InChI=1S/C17H21N5O4S3/c1-17(2,3)13(10-7-5-4-6-8-10)20-15-14(21-28(24)22-15)19-11-9-27-16(12(11)23)29(18,25)26/h4-9,13,23H,1-3H3,(H,19,21)(H,20,22)(H2,18,25,26)/t13-,28?/m0/s1. The topological polar surface area (TPSA) is 153 Å². The van der Waals surface area contributed by atoms with E-state index in [-0.39, 0.29) is 33.0 Å². The third kappa shape index (κ3) is 4.85. The minimum atomic E-state index is -4.06. The third-order valence-corrected chi connectivity index (χ3v) is 7.22. The molecule has 0 spiro atoms. The van der Waals surface area contributed by atoms with Crippen molar-refractivity contribution in [3.05, 3.63) is 41.3 Å². The van der Waals surface area contributed by atoms with E-state index in [0.29, 0.717) is 0 Å². The van der Waals surface area contributed by atoms with E-state index in [9.17, 15) is 18.1 Å². The van der Waals surface area contributed by atoms with Crippen molar-refractivity contribution < 1.29 is 18.1 Å². The summed E-state index contributed by atoms with van der Waals surface area (Å²) < 4.78 is 42.6. The van der Waals surface area contributed by atoms with Crippen LogP contribution in [0, 0.1) is 5.41 Å². The van der Waals surface area contributed by atoms with Crippen LogP contribution in [0.2, 0.25) is 0 Å². The van der Waals surface area contributed by atoms with Crippen LogP contribution in [0.5, 0.6) is 5.75 Å². The van der Waals surface area contributed by atoms with Crippen molar-refractivity contribution >= 4 is 49.8 Å². The van der Waals surface area contributed by atoms with Gasteiger partial charge in [-0.25, -0.2) is 13.6 Å². The number of aromatic hydroxyl groups is 1. The van der Waals surface area contributed by atoms with Crippen LogP contribution in [0.3, 0.4) is 0 Å². The molecule has 29 heavy (non-hydrogen) atoms. The lowest BCUT2D eigenvalue weighted by Gasteiger charge is -2.31. The van der Waals surface area contributed by atoms with Crippen LogP contribution in [-0.2, 0) is 10.0 Å². The molecule has 9 nitrogen and oxygen atoms in total. The summed E-state index contributed by atoms with van der Waals surface area (Å²) in [5.74, 6) is -0.148. The Morgan fingerprint density at radius 1 is 1.21 bits per heavy atom. The highest BCUT2D eigenvalue weighted by Gasteiger charge is 2.30. The molecule has 0 amide bonds. The van der Waals surface area contributed by atoms with Crippen molar-refractivity contribution in [2.24, 2.45) is 10.6 Å². The van der Waals surface area contributed by atoms with E-state index in [2.05, 4.69) is 40.2 Å². The van der Waals surface area contributed by atoms with E-state index >= 15 is 0 Å². The largest absolute Gasteiger partial charge is 0.546 e. The normalized spacial score (nSPS) is 13.9. The van der Waals surface area contributed by atoms with Crippen molar-refractivity contribution in [1.82, 2.24) is 8.75 Å². The molecule has 1 aromatic carbocycles. The van der Waals surface area contributed by atoms with E-state index in [4.69, 9.17) is 5.14 Å². The highest BCUT2D eigenvalue weighted by Crippen LogP contribution is 2.41. The molecule has 0 saturated heterocycles. The van der Waals surface area contributed by atoms with Crippen LogP contribution in [-0.4, -0.2) is 26.8 Å². The van der Waals surface area contributed by atoms with Gasteiger partial charge < -0.3 is 20.3 Å². The third-order valence-electron chi connectivity index (χ3n) is 4.09. The van der Waals surface area contributed by atoms with Gasteiger partial charge in [-0.05, 0) is 11.0 Å². The fraction of sp³-hybridized carbons (Fsp3) is 0.294. The summed E-state index contributed by atoms with van der Waals surface area (Å²) in [7, 11) is -4.06. The van der Waals surface area contributed by atoms with Crippen molar-refractivity contribution in [2.45, 2.75) is 31.0 Å². The summed E-state index contributed by atoms with van der Waals surface area (Å²) in [5.41, 5.74) is 0.873. The number of aromatic nitrogens is 2. The molecule has 1 unspecified atom stereocenters. The van der Waals surface area contributed by atoms with Crippen LogP contribution in [0.1, 0.15) is 32.4 Å². The Morgan fingerprint density at radius 2 is 1.83 bits per heavy atom. The van der Waals surface area contributed by atoms with Gasteiger partial charge in [-0.15, -0.1) is 11.3 Å². The quantitative estimate of drug-likeness (QED) is 0.411. The maximum absolute atomic E-state index is 12.0. The highest BCUT2D eigenvalue weighted by atomic mass is 32.2. The molecule has 12 heteroatoms. The number of nitrogens with zero attached hydrogens (tertiary/aromatic N) is 2. The van der Waals surface area contributed by atoms with Gasteiger partial charge in [0.05, 0.1) is 11.7 Å². The Labute approximate surface area is 175 Å². The van der Waals surface area contributed by atoms with E-state index in [1.54, 1.807) is 0 Å². The Bertz CT molecular complexity index is 1100. The van der Waals surface area contributed by atoms with E-state index < -0.39 is 26.9 Å². The van der Waals surface area contributed by atoms with Crippen LogP contribution < -0.4 is 15.8 Å². The zero-order chi connectivity index (χ0) is 21.4. The maximum Gasteiger partial charge on any atom is 0.251 e. The lowest BCUT2D eigenvalue weighted by Crippen LogP contribution is -2.26. The minimum absolute atomic E-state index is 0.0817.